The van der Waals surface area contributed by atoms with Crippen molar-refractivity contribution in [3.8, 4) is 0 Å². The molecule has 0 aliphatic carbocycles. The molecule has 0 spiro atoms. The van der Waals surface area contributed by atoms with Gasteiger partial charge in [0.15, 0.2) is 0 Å². The van der Waals surface area contributed by atoms with Crippen molar-refractivity contribution in [3.63, 3.8) is 0 Å². The van der Waals surface area contributed by atoms with E-state index in [1.807, 2.05) is 6.07 Å². The smallest absolute Gasteiger partial charge is 0.0319 e. The zero-order valence-corrected chi connectivity index (χ0v) is 10.7. The lowest BCUT2D eigenvalue weighted by atomic mass is 9.99. The van der Waals surface area contributed by atoms with Gasteiger partial charge < -0.3 is 5.73 Å². The number of hydrogen-bond donors (Lipinski definition) is 1. The average Bonchev–Trinajstić information content (AvgIpc) is 2.13. The van der Waals surface area contributed by atoms with E-state index < -0.39 is 0 Å². The summed E-state index contributed by atoms with van der Waals surface area (Å²) in [7, 11) is 0. The van der Waals surface area contributed by atoms with Crippen molar-refractivity contribution >= 4 is 5.69 Å². The third kappa shape index (κ3) is 3.10. The summed E-state index contributed by atoms with van der Waals surface area (Å²) in [6, 6.07) is 13.0. The van der Waals surface area contributed by atoms with Gasteiger partial charge in [-0.25, -0.2) is 0 Å². The summed E-state index contributed by atoms with van der Waals surface area (Å²) >= 11 is 0. The summed E-state index contributed by atoms with van der Waals surface area (Å²) in [5.41, 5.74) is 13.2. The van der Waals surface area contributed by atoms with Crippen LogP contribution in [0.25, 0.3) is 0 Å². The van der Waals surface area contributed by atoms with Crippen LogP contribution in [0.1, 0.15) is 27.8 Å². The van der Waals surface area contributed by atoms with Gasteiger partial charge in [0.2, 0.25) is 0 Å². The Morgan fingerprint density at radius 3 is 1.71 bits per heavy atom. The van der Waals surface area contributed by atoms with Crippen molar-refractivity contribution in [3.05, 3.63) is 64.2 Å². The molecule has 0 atom stereocenters. The minimum atomic E-state index is 0.851. The van der Waals surface area contributed by atoms with Gasteiger partial charge in [-0.15, -0.1) is 0 Å². The number of anilines is 1. The normalized spacial score (nSPS) is 10.5. The molecular weight excluding hydrogens is 206 g/mol. The number of nitrogens with two attached hydrogens (primary N) is 1. The highest BCUT2D eigenvalue weighted by Gasteiger charge is 2.00. The number of aryl methyl sites for hydroxylation is 3. The summed E-state index contributed by atoms with van der Waals surface area (Å²) in [5, 5.41) is 0. The van der Waals surface area contributed by atoms with Gasteiger partial charge in [-0.05, 0) is 56.0 Å². The Balaban J connectivity index is 2.31. The van der Waals surface area contributed by atoms with Crippen molar-refractivity contribution < 1.29 is 0 Å². The fourth-order valence-electron chi connectivity index (χ4n) is 2.40. The van der Waals surface area contributed by atoms with E-state index in [-0.39, 0.29) is 0 Å². The van der Waals surface area contributed by atoms with Gasteiger partial charge in [0.1, 0.15) is 0 Å². The van der Waals surface area contributed by atoms with Gasteiger partial charge in [-0.1, -0.05) is 35.4 Å². The number of hydrogen-bond acceptors (Lipinski definition) is 1. The standard InChI is InChI=1S/C16H19N/c1-11-4-12(2)6-14(5-11)9-15-7-13(3)8-16(17)10-15/h4-8,10H,9,17H2,1-3H3. The molecule has 0 unspecified atom stereocenters. The number of benzene rings is 2. The Morgan fingerprint density at radius 1 is 0.706 bits per heavy atom. The van der Waals surface area contributed by atoms with E-state index in [2.05, 4.69) is 51.1 Å². The van der Waals surface area contributed by atoms with E-state index >= 15 is 0 Å². The second kappa shape index (κ2) is 4.62. The Hall–Kier alpha value is -1.76. The first kappa shape index (κ1) is 11.7. The summed E-state index contributed by atoms with van der Waals surface area (Å²) in [5.74, 6) is 0. The zero-order chi connectivity index (χ0) is 12.4. The molecule has 0 saturated heterocycles. The monoisotopic (exact) mass is 225 g/mol. The maximum Gasteiger partial charge on any atom is 0.0319 e. The molecule has 0 aliphatic rings. The fraction of sp³-hybridized carbons (Fsp3) is 0.250. The lowest BCUT2D eigenvalue weighted by Gasteiger charge is -2.07. The highest BCUT2D eigenvalue weighted by Crippen LogP contribution is 2.17. The molecule has 0 radical (unpaired) electrons. The largest absolute Gasteiger partial charge is 0.399 e. The average molecular weight is 225 g/mol. The SMILES string of the molecule is Cc1cc(C)cc(Cc2cc(C)cc(N)c2)c1. The zero-order valence-electron chi connectivity index (χ0n) is 10.7. The van der Waals surface area contributed by atoms with Crippen LogP contribution in [-0.2, 0) is 6.42 Å². The number of rotatable bonds is 2. The highest BCUT2D eigenvalue weighted by molar-refractivity contribution is 5.46. The van der Waals surface area contributed by atoms with E-state index in [9.17, 15) is 0 Å². The Labute approximate surface area is 103 Å². The van der Waals surface area contributed by atoms with E-state index in [1.165, 1.54) is 27.8 Å². The first-order chi connectivity index (χ1) is 8.02. The van der Waals surface area contributed by atoms with Crippen molar-refractivity contribution in [2.45, 2.75) is 27.2 Å². The van der Waals surface area contributed by atoms with Crippen molar-refractivity contribution in [2.24, 2.45) is 0 Å². The lowest BCUT2D eigenvalue weighted by molar-refractivity contribution is 1.16. The highest BCUT2D eigenvalue weighted by atomic mass is 14.5. The summed E-state index contributed by atoms with van der Waals surface area (Å²) in [6.45, 7) is 6.36. The van der Waals surface area contributed by atoms with E-state index in [4.69, 9.17) is 5.73 Å². The van der Waals surface area contributed by atoms with Gasteiger partial charge in [-0.3, -0.25) is 0 Å². The molecule has 88 valence electrons. The Kier molecular flexibility index (Phi) is 3.19. The van der Waals surface area contributed by atoms with E-state index in [0.717, 1.165) is 12.1 Å². The molecule has 1 nitrogen and oxygen atoms in total. The van der Waals surface area contributed by atoms with Gasteiger partial charge >= 0.3 is 0 Å². The minimum Gasteiger partial charge on any atom is -0.399 e. The quantitative estimate of drug-likeness (QED) is 0.773. The second-order valence-corrected chi connectivity index (χ2v) is 4.92. The van der Waals surface area contributed by atoms with Crippen LogP contribution in [0.4, 0.5) is 5.69 Å². The molecule has 0 heterocycles. The predicted octanol–water partition coefficient (Wildman–Crippen LogP) is 3.78. The van der Waals surface area contributed by atoms with Crippen LogP contribution in [0.15, 0.2) is 36.4 Å². The topological polar surface area (TPSA) is 26.0 Å². The molecule has 0 saturated carbocycles. The van der Waals surface area contributed by atoms with E-state index in [0.29, 0.717) is 0 Å². The Morgan fingerprint density at radius 2 is 1.18 bits per heavy atom. The van der Waals surface area contributed by atoms with E-state index in [1.54, 1.807) is 0 Å². The molecule has 1 heteroatoms. The van der Waals surface area contributed by atoms with Crippen molar-refractivity contribution in [2.75, 3.05) is 5.73 Å². The Bertz CT molecular complexity index is 451. The molecule has 2 aromatic rings. The van der Waals surface area contributed by atoms with Crippen LogP contribution < -0.4 is 5.73 Å². The van der Waals surface area contributed by atoms with Crippen LogP contribution in [-0.4, -0.2) is 0 Å². The van der Waals surface area contributed by atoms with Crippen molar-refractivity contribution in [1.29, 1.82) is 0 Å². The molecular formula is C16H19N. The van der Waals surface area contributed by atoms with Gasteiger partial charge in [0.05, 0.1) is 0 Å². The van der Waals surface area contributed by atoms with Gasteiger partial charge in [0, 0.05) is 5.69 Å². The maximum atomic E-state index is 5.87. The molecule has 2 aromatic carbocycles. The summed E-state index contributed by atoms with van der Waals surface area (Å²) < 4.78 is 0. The first-order valence-corrected chi connectivity index (χ1v) is 5.96. The lowest BCUT2D eigenvalue weighted by Crippen LogP contribution is -1.94. The fourth-order valence-corrected chi connectivity index (χ4v) is 2.40. The van der Waals surface area contributed by atoms with Gasteiger partial charge in [-0.2, -0.15) is 0 Å². The molecule has 2 N–H and O–H groups in total. The number of nitrogen functional groups attached to an aromatic ring is 1. The molecule has 0 amide bonds. The maximum absolute atomic E-state index is 5.87. The summed E-state index contributed by atoms with van der Waals surface area (Å²) in [4.78, 5) is 0. The molecule has 0 fully saturated rings. The van der Waals surface area contributed by atoms with Crippen molar-refractivity contribution in [1.82, 2.24) is 0 Å². The molecule has 2 rings (SSSR count). The van der Waals surface area contributed by atoms with Crippen LogP contribution in [0, 0.1) is 20.8 Å². The van der Waals surface area contributed by atoms with Crippen LogP contribution >= 0.6 is 0 Å². The molecule has 0 bridgehead atoms. The predicted molar refractivity (Wildman–Crippen MR) is 74.3 cm³/mol. The molecule has 0 aromatic heterocycles. The third-order valence-corrected chi connectivity index (χ3v) is 2.85. The molecule has 0 aliphatic heterocycles. The second-order valence-electron chi connectivity index (χ2n) is 4.92. The van der Waals surface area contributed by atoms with Crippen LogP contribution in [0.3, 0.4) is 0 Å². The van der Waals surface area contributed by atoms with Gasteiger partial charge in [0.25, 0.3) is 0 Å². The summed E-state index contributed by atoms with van der Waals surface area (Å²) in [6.07, 6.45) is 0.953. The van der Waals surface area contributed by atoms with Crippen LogP contribution in [0.5, 0.6) is 0 Å². The minimum absolute atomic E-state index is 0.851. The third-order valence-electron chi connectivity index (χ3n) is 2.85. The molecule has 17 heavy (non-hydrogen) atoms. The van der Waals surface area contributed by atoms with Crippen LogP contribution in [0.2, 0.25) is 0 Å². The first-order valence-electron chi connectivity index (χ1n) is 5.96.